The molecular formula is C28H29FN6O6. The second-order valence-electron chi connectivity index (χ2n) is 9.92. The molecule has 3 heterocycles. The van der Waals surface area contributed by atoms with Gasteiger partial charge in [-0.15, -0.1) is 0 Å². The van der Waals surface area contributed by atoms with Crippen LogP contribution in [0.5, 0.6) is 5.75 Å². The smallest absolute Gasteiger partial charge is 0.412 e. The molecule has 0 aliphatic rings. The third kappa shape index (κ3) is 7.75. The number of anilines is 1. The van der Waals surface area contributed by atoms with Crippen LogP contribution in [0.3, 0.4) is 0 Å². The number of hydrogen-bond acceptors (Lipinski definition) is 9. The van der Waals surface area contributed by atoms with Crippen LogP contribution < -0.4 is 21.1 Å². The Kier molecular flexibility index (Phi) is 8.75. The number of rotatable bonds is 9. The van der Waals surface area contributed by atoms with Gasteiger partial charge in [0.25, 0.3) is 5.91 Å². The molecule has 4 rings (SSSR count). The van der Waals surface area contributed by atoms with Gasteiger partial charge in [-0.3, -0.25) is 19.7 Å². The fourth-order valence-corrected chi connectivity index (χ4v) is 3.72. The maximum absolute atomic E-state index is 15.0. The minimum absolute atomic E-state index is 0.0202. The van der Waals surface area contributed by atoms with Crippen LogP contribution in [0.25, 0.3) is 0 Å². The van der Waals surface area contributed by atoms with Crippen molar-refractivity contribution in [3.8, 4) is 5.75 Å². The Balaban J connectivity index is 1.34. The van der Waals surface area contributed by atoms with Gasteiger partial charge in [-0.2, -0.15) is 0 Å². The molecule has 3 aromatic heterocycles. The van der Waals surface area contributed by atoms with Crippen molar-refractivity contribution in [3.05, 3.63) is 99.9 Å². The monoisotopic (exact) mass is 564 g/mol. The summed E-state index contributed by atoms with van der Waals surface area (Å²) < 4.78 is 32.3. The molecule has 0 saturated carbocycles. The molecule has 0 aliphatic heterocycles. The van der Waals surface area contributed by atoms with Gasteiger partial charge in [0.2, 0.25) is 5.76 Å². The van der Waals surface area contributed by atoms with Crippen LogP contribution in [0.4, 0.5) is 14.9 Å². The molecule has 0 fully saturated rings. The van der Waals surface area contributed by atoms with Gasteiger partial charge in [0.15, 0.2) is 17.5 Å². The van der Waals surface area contributed by atoms with Crippen LogP contribution in [0.2, 0.25) is 0 Å². The zero-order chi connectivity index (χ0) is 29.6. The van der Waals surface area contributed by atoms with Crippen molar-refractivity contribution in [1.29, 1.82) is 0 Å². The van der Waals surface area contributed by atoms with Crippen LogP contribution in [0.1, 0.15) is 54.0 Å². The van der Waals surface area contributed by atoms with E-state index in [0.717, 1.165) is 11.1 Å². The number of hydrogen-bond donors (Lipinski definition) is 2. The van der Waals surface area contributed by atoms with E-state index >= 15 is 4.39 Å². The highest BCUT2D eigenvalue weighted by molar-refractivity contribution is 5.91. The first-order valence-electron chi connectivity index (χ1n) is 12.6. The minimum atomic E-state index is -0.850. The van der Waals surface area contributed by atoms with Gasteiger partial charge in [-0.05, 0) is 38.0 Å². The first-order valence-corrected chi connectivity index (χ1v) is 12.6. The molecule has 12 nitrogen and oxygen atoms in total. The number of aromatic nitrogens is 4. The second-order valence-corrected chi connectivity index (χ2v) is 9.92. The minimum Gasteiger partial charge on any atom is -0.491 e. The molecular weight excluding hydrogens is 535 g/mol. The van der Waals surface area contributed by atoms with Crippen molar-refractivity contribution in [3.63, 3.8) is 0 Å². The third-order valence-electron chi connectivity index (χ3n) is 5.59. The average Bonchev–Trinajstić information content (AvgIpc) is 3.38. The van der Waals surface area contributed by atoms with Crippen molar-refractivity contribution in [2.75, 3.05) is 12.4 Å². The molecule has 0 saturated heterocycles. The second kappa shape index (κ2) is 12.4. The van der Waals surface area contributed by atoms with Crippen molar-refractivity contribution in [2.45, 2.75) is 45.9 Å². The fourth-order valence-electron chi connectivity index (χ4n) is 3.72. The highest BCUT2D eigenvalue weighted by Crippen LogP contribution is 2.29. The van der Waals surface area contributed by atoms with E-state index in [-0.39, 0.29) is 35.1 Å². The molecule has 0 spiro atoms. The summed E-state index contributed by atoms with van der Waals surface area (Å²) in [5.41, 5.74) is 0.600. The van der Waals surface area contributed by atoms with E-state index in [4.69, 9.17) is 13.9 Å². The molecule has 4 aromatic rings. The quantitative estimate of drug-likeness (QED) is 0.310. The molecule has 2 N–H and O–H groups in total. The number of nitrogens with zero attached hydrogens (tertiary/aromatic N) is 4. The third-order valence-corrected chi connectivity index (χ3v) is 5.59. The van der Waals surface area contributed by atoms with Crippen molar-refractivity contribution in [2.24, 2.45) is 0 Å². The predicted molar refractivity (Wildman–Crippen MR) is 145 cm³/mol. The number of oxazole rings is 1. The lowest BCUT2D eigenvalue weighted by molar-refractivity contribution is 0.0635. The van der Waals surface area contributed by atoms with Gasteiger partial charge >= 0.3 is 11.8 Å². The maximum Gasteiger partial charge on any atom is 0.412 e. The Labute approximate surface area is 234 Å². The molecule has 0 unspecified atom stereocenters. The maximum atomic E-state index is 15.0. The average molecular weight is 565 g/mol. The zero-order valence-electron chi connectivity index (χ0n) is 22.9. The summed E-state index contributed by atoms with van der Waals surface area (Å²) in [6.07, 6.45) is 5.15. The lowest BCUT2D eigenvalue weighted by Gasteiger charge is -2.20. The molecule has 214 valence electrons. The number of halogens is 1. The van der Waals surface area contributed by atoms with Crippen LogP contribution >= 0.6 is 0 Å². The normalized spacial score (nSPS) is 11.1. The van der Waals surface area contributed by atoms with E-state index < -0.39 is 23.4 Å². The molecule has 41 heavy (non-hydrogen) atoms. The van der Waals surface area contributed by atoms with E-state index in [0.29, 0.717) is 18.9 Å². The Hall–Kier alpha value is -5.07. The largest absolute Gasteiger partial charge is 0.491 e. The summed E-state index contributed by atoms with van der Waals surface area (Å²) in [5, 5.41) is 4.94. The first-order chi connectivity index (χ1) is 19.5. The highest BCUT2D eigenvalue weighted by Gasteiger charge is 2.22. The van der Waals surface area contributed by atoms with Crippen LogP contribution in [0.15, 0.2) is 64.3 Å². The summed E-state index contributed by atoms with van der Waals surface area (Å²) in [4.78, 5) is 48.3. The summed E-state index contributed by atoms with van der Waals surface area (Å²) in [5.74, 6) is -1.46. The van der Waals surface area contributed by atoms with Crippen molar-refractivity contribution < 1.29 is 27.9 Å². The summed E-state index contributed by atoms with van der Waals surface area (Å²) in [6.45, 7) is 5.20. The van der Waals surface area contributed by atoms with E-state index in [1.54, 1.807) is 33.0 Å². The van der Waals surface area contributed by atoms with Gasteiger partial charge in [0, 0.05) is 18.8 Å². The van der Waals surface area contributed by atoms with Gasteiger partial charge in [-0.25, -0.2) is 23.9 Å². The molecule has 1 aromatic carbocycles. The zero-order valence-corrected chi connectivity index (χ0v) is 22.9. The first kappa shape index (κ1) is 28.9. The number of nitrogens with one attached hydrogen (secondary N) is 2. The molecule has 0 bridgehead atoms. The summed E-state index contributed by atoms with van der Waals surface area (Å²) in [7, 11) is 1.24. The van der Waals surface area contributed by atoms with E-state index in [1.165, 1.54) is 30.3 Å². The standard InChI is InChI=1S/C28H29FN6O6/c1-28(2,3)41-27(38)34-20-14-31-19(23(29)24(20)39-4)13-33-25(36)21-15-32-22(40-21)12-17-6-8-18(9-7-17)16-35-11-5-10-30-26(35)37/h5-11,14-15H,12-13,16H2,1-4H3,(H,33,36)(H,34,38). The molecule has 0 aliphatic carbocycles. The molecule has 0 atom stereocenters. The highest BCUT2D eigenvalue weighted by atomic mass is 19.1. The van der Waals surface area contributed by atoms with Crippen molar-refractivity contribution >= 4 is 17.7 Å². The molecule has 13 heteroatoms. The van der Waals surface area contributed by atoms with E-state index in [2.05, 4.69) is 25.6 Å². The number of carbonyl (C=O) groups excluding carboxylic acids is 2. The lowest BCUT2D eigenvalue weighted by Crippen LogP contribution is -2.27. The number of methoxy groups -OCH3 is 1. The van der Waals surface area contributed by atoms with Gasteiger partial charge < -0.3 is 19.2 Å². The number of ether oxygens (including phenoxy) is 2. The summed E-state index contributed by atoms with van der Waals surface area (Å²) in [6, 6.07) is 9.22. The van der Waals surface area contributed by atoms with Gasteiger partial charge in [0.05, 0.1) is 38.3 Å². The Morgan fingerprint density at radius 1 is 1.07 bits per heavy atom. The van der Waals surface area contributed by atoms with Gasteiger partial charge in [0.1, 0.15) is 11.3 Å². The van der Waals surface area contributed by atoms with Crippen molar-refractivity contribution in [1.82, 2.24) is 24.8 Å². The number of pyridine rings is 1. The Morgan fingerprint density at radius 2 is 1.80 bits per heavy atom. The number of benzene rings is 1. The Morgan fingerprint density at radius 3 is 2.49 bits per heavy atom. The lowest BCUT2D eigenvalue weighted by atomic mass is 10.1. The van der Waals surface area contributed by atoms with Crippen LogP contribution in [-0.2, 0) is 24.2 Å². The van der Waals surface area contributed by atoms with Crippen LogP contribution in [0, 0.1) is 5.82 Å². The topological polar surface area (TPSA) is 150 Å². The van der Waals surface area contributed by atoms with Gasteiger partial charge in [-0.1, -0.05) is 24.3 Å². The van der Waals surface area contributed by atoms with E-state index in [1.807, 2.05) is 24.3 Å². The SMILES string of the molecule is COc1c(NC(=O)OC(C)(C)C)cnc(CNC(=O)c2cnc(Cc3ccc(Cn4cccnc4=O)cc3)o2)c1F. The molecule has 0 radical (unpaired) electrons. The van der Waals surface area contributed by atoms with Crippen LogP contribution in [-0.4, -0.2) is 44.2 Å². The fraction of sp³-hybridized carbons (Fsp3) is 0.286. The Bertz CT molecular complexity index is 1590. The number of amides is 2. The number of carbonyl (C=O) groups is 2. The predicted octanol–water partition coefficient (Wildman–Crippen LogP) is 3.69. The van der Waals surface area contributed by atoms with E-state index in [9.17, 15) is 14.4 Å². The molecule has 2 amide bonds. The summed E-state index contributed by atoms with van der Waals surface area (Å²) >= 11 is 0.